The molecule has 0 spiro atoms. The predicted octanol–water partition coefficient (Wildman–Crippen LogP) is 4.58. The molecule has 0 radical (unpaired) electrons. The second-order valence-electron chi connectivity index (χ2n) is 31.1. The topological polar surface area (TPSA) is 283 Å². The van der Waals surface area contributed by atoms with E-state index in [0.29, 0.717) is 32.1 Å². The maximum atomic E-state index is 15.4. The summed E-state index contributed by atoms with van der Waals surface area (Å²) in [5.41, 5.74) is 0. The Hall–Kier alpha value is -6.50. The summed E-state index contributed by atoms with van der Waals surface area (Å²) in [6.45, 7) is 6.12. The number of hydrogen-bond acceptors (Lipinski definition) is 14. The Labute approximate surface area is 615 Å². The third-order valence-corrected chi connectivity index (χ3v) is 23.4. The van der Waals surface area contributed by atoms with Crippen LogP contribution in [0.15, 0.2) is 0 Å². The number of likely N-dealkylation sites (tertiary alicyclic amines) is 1. The summed E-state index contributed by atoms with van der Waals surface area (Å²) in [6.07, 6.45) is 1.22. The second-order valence-corrected chi connectivity index (χ2v) is 31.7. The number of ether oxygens (including phenoxy) is 1. The van der Waals surface area contributed by atoms with Gasteiger partial charge >= 0.3 is 6.18 Å². The molecule has 0 aromatic heterocycles. The predicted molar refractivity (Wildman–Crippen MR) is 378 cm³/mol. The summed E-state index contributed by atoms with van der Waals surface area (Å²) in [4.78, 5) is 191. The fourth-order valence-corrected chi connectivity index (χ4v) is 16.3. The molecule has 32 heteroatoms. The van der Waals surface area contributed by atoms with Gasteiger partial charge in [-0.1, -0.05) is 79.1 Å². The average Bonchev–Trinajstić information content (AvgIpc) is 1.20. The van der Waals surface area contributed by atoms with Gasteiger partial charge in [-0.15, -0.1) is 11.6 Å². The van der Waals surface area contributed by atoms with Crippen molar-refractivity contribution in [1.29, 1.82) is 0 Å². The van der Waals surface area contributed by atoms with Gasteiger partial charge < -0.3 is 64.8 Å². The molecule has 26 nitrogen and oxygen atoms in total. The number of nitrogens with one attached hydrogen (secondary N) is 3. The smallest absolute Gasteiger partial charge is 0.382 e. The van der Waals surface area contributed by atoms with Crippen LogP contribution in [-0.4, -0.2) is 308 Å². The Morgan fingerprint density at radius 2 is 1.24 bits per heavy atom. The van der Waals surface area contributed by atoms with E-state index in [1.54, 1.807) is 6.92 Å². The van der Waals surface area contributed by atoms with Crippen LogP contribution >= 0.6 is 11.6 Å². The first-order valence-corrected chi connectivity index (χ1v) is 37.7. The highest BCUT2D eigenvalue weighted by Gasteiger charge is 2.51. The molecule has 3 saturated heterocycles. The molecule has 104 heavy (non-hydrogen) atoms. The van der Waals surface area contributed by atoms with E-state index in [2.05, 4.69) is 16.0 Å². The number of fused-ring (bicyclic) bond motifs is 1. The number of likely N-dealkylation sites (N-methyl/N-ethyl adjacent to an activating group) is 8. The number of nitrogens with zero attached hydrogens (tertiary/aromatic N) is 10. The van der Waals surface area contributed by atoms with Crippen LogP contribution in [0.25, 0.3) is 0 Å². The number of carbonyl (C=O) groups is 12. The molecule has 6 rings (SSSR count). The first-order chi connectivity index (χ1) is 48.7. The zero-order valence-corrected chi connectivity index (χ0v) is 64.5. The number of amides is 12. The summed E-state index contributed by atoms with van der Waals surface area (Å²) in [7, 11) is 13.6. The van der Waals surface area contributed by atoms with Crippen molar-refractivity contribution in [2.45, 2.75) is 241 Å². The van der Waals surface area contributed by atoms with Crippen LogP contribution in [0.1, 0.15) is 163 Å². The van der Waals surface area contributed by atoms with Crippen molar-refractivity contribution in [3.63, 3.8) is 0 Å². The zero-order valence-electron chi connectivity index (χ0n) is 63.7. The lowest BCUT2D eigenvalue weighted by molar-refractivity contribution is -0.182. The molecule has 3 aliphatic heterocycles. The zero-order chi connectivity index (χ0) is 77.7. The van der Waals surface area contributed by atoms with Gasteiger partial charge in [0.25, 0.3) is 5.92 Å². The highest BCUT2D eigenvalue weighted by atomic mass is 35.5. The van der Waals surface area contributed by atoms with Gasteiger partial charge in [0, 0.05) is 89.0 Å². The average molecular weight is 1500 g/mol. The Bertz CT molecular complexity index is 3030. The molecule has 6 aliphatic rings. The van der Waals surface area contributed by atoms with Crippen molar-refractivity contribution in [2.75, 3.05) is 110 Å². The molecule has 6 fully saturated rings. The minimum Gasteiger partial charge on any atom is -0.382 e. The summed E-state index contributed by atoms with van der Waals surface area (Å²) in [6, 6.07) is -13.5. The monoisotopic (exact) mass is 1500 g/mol. The maximum Gasteiger partial charge on any atom is 0.393 e. The Kier molecular flexibility index (Phi) is 31.4. The van der Waals surface area contributed by atoms with Gasteiger partial charge in [-0.25, -0.2) is 8.78 Å². The van der Waals surface area contributed by atoms with E-state index in [9.17, 15) is 55.5 Å². The van der Waals surface area contributed by atoms with E-state index < -0.39 is 205 Å². The molecule has 0 aromatic rings. The van der Waals surface area contributed by atoms with Crippen LogP contribution in [0.4, 0.5) is 22.0 Å². The fraction of sp³-hybridized carbons (Fsp3) is 0.833. The Morgan fingerprint density at radius 3 is 1.79 bits per heavy atom. The van der Waals surface area contributed by atoms with Gasteiger partial charge in [-0.05, 0) is 107 Å². The minimum atomic E-state index is -4.57. The highest BCUT2D eigenvalue weighted by Crippen LogP contribution is 2.44. The van der Waals surface area contributed by atoms with Gasteiger partial charge in [-0.3, -0.25) is 62.4 Å². The second kappa shape index (κ2) is 37.8. The molecule has 3 heterocycles. The lowest BCUT2D eigenvalue weighted by Crippen LogP contribution is -2.65. The highest BCUT2D eigenvalue weighted by molar-refractivity contribution is 6.21. The van der Waals surface area contributed by atoms with Gasteiger partial charge in [0.2, 0.25) is 70.9 Å². The van der Waals surface area contributed by atoms with Crippen LogP contribution in [-0.2, 0) is 62.3 Å². The van der Waals surface area contributed by atoms with Crippen molar-refractivity contribution < 1.29 is 84.2 Å². The number of hydrogen-bond donors (Lipinski definition) is 3. The normalized spacial score (nSPS) is 30.6. The van der Waals surface area contributed by atoms with E-state index in [4.69, 9.17) is 16.3 Å². The number of halogens is 6. The fourth-order valence-electron chi connectivity index (χ4n) is 15.8. The molecule has 0 aromatic carbocycles. The molecular formula is C72H117ClF5N13O13. The molecule has 590 valence electrons. The van der Waals surface area contributed by atoms with Crippen molar-refractivity contribution in [2.24, 2.45) is 35.5 Å². The molecule has 3 N–H and O–H groups in total. The van der Waals surface area contributed by atoms with Crippen molar-refractivity contribution in [3.8, 4) is 0 Å². The third kappa shape index (κ3) is 21.9. The lowest BCUT2D eigenvalue weighted by atomic mass is 9.78. The van der Waals surface area contributed by atoms with E-state index in [1.165, 1.54) is 107 Å². The first kappa shape index (κ1) is 86.4. The number of rotatable bonds is 16. The molecule has 14 atom stereocenters. The number of carbonyl (C=O) groups excluding carboxylic acids is 12. The van der Waals surface area contributed by atoms with E-state index >= 15 is 24.0 Å². The van der Waals surface area contributed by atoms with Gasteiger partial charge in [-0.2, -0.15) is 13.2 Å². The molecule has 3 saturated carbocycles. The van der Waals surface area contributed by atoms with Crippen molar-refractivity contribution in [3.05, 3.63) is 0 Å². The number of methoxy groups -OCH3 is 1. The first-order valence-electron chi connectivity index (χ1n) is 37.2. The minimum absolute atomic E-state index is 0.0191. The number of alkyl halides is 6. The quantitative estimate of drug-likeness (QED) is 0.141. The Balaban J connectivity index is 1.45. The summed E-state index contributed by atoms with van der Waals surface area (Å²) in [5.74, 6) is -15.6. The maximum absolute atomic E-state index is 15.4. The van der Waals surface area contributed by atoms with Gasteiger partial charge in [0.15, 0.2) is 0 Å². The van der Waals surface area contributed by atoms with Crippen LogP contribution < -0.4 is 16.0 Å². The molecular weight excluding hydrogens is 1390 g/mol. The van der Waals surface area contributed by atoms with Crippen LogP contribution in [0.2, 0.25) is 0 Å². The molecule has 3 aliphatic carbocycles. The summed E-state index contributed by atoms with van der Waals surface area (Å²) in [5, 5.41) is 7.02. The van der Waals surface area contributed by atoms with Crippen LogP contribution in [0, 0.1) is 35.5 Å². The lowest BCUT2D eigenvalue weighted by Gasteiger charge is -2.45. The largest absolute Gasteiger partial charge is 0.393 e. The van der Waals surface area contributed by atoms with Crippen molar-refractivity contribution in [1.82, 2.24) is 64.9 Å². The van der Waals surface area contributed by atoms with Gasteiger partial charge in [0.1, 0.15) is 60.4 Å². The van der Waals surface area contributed by atoms with Gasteiger partial charge in [0.05, 0.1) is 38.6 Å². The van der Waals surface area contributed by atoms with Crippen LogP contribution in [0.3, 0.4) is 0 Å². The van der Waals surface area contributed by atoms with Crippen molar-refractivity contribution >= 4 is 82.5 Å². The standard InChI is InChI=1S/C72H117ClF5N13O13/c1-16-43(4)59-69(102)84(9)44(5)63(96)91-33-31-53(91)68(101)87(12)55(36-45-22-18-17-19-23-45)67(100)83(8)38-57(92)79-50(29-27-46-26-28-48(49(73)35-46)72(76,77)78)64(97)86(11)52(30-32-90-40-71(74,75)41-90)61(94)80-51(39-104-15)65(98)89(14)60(47-24-20-21-25-47)70(103)88(13)56(66(99)82(6)7)37-58(93)85(10)54(34-42(2)3)62(95)81-59/h42-56,59-60H,16-41H2,1-15H3,(H,79,92)(H,80,94)(H,81,95)/t43-,44-,46?,48?,49?,50-,51-,52-,53-,54-,55-,56-,59-,60-/m0/s1. The third-order valence-electron chi connectivity index (χ3n) is 22.9. The SMILES string of the molecule is CC[C@H](C)[C@@H]1NC(=O)[C@H](CC(C)C)N(C)C(=O)C[C@@H](C(=O)N(C)C)N(C)C(=O)[C@H](C2CCCC2)N(C)C(=O)[C@H](COC)NC(=O)[C@H](CCN2CC(F)(F)C2)N(C)C(=O)[C@H](CCC2CCC(C(F)(F)F)C(Cl)C2)NC(=O)CN(C)C(=O)[C@H](CC2CCCCC2)N(C)C(=O)[C@@H]2CCN2C(=O)[C@H](C)N(C)C1=O. The van der Waals surface area contributed by atoms with E-state index in [0.717, 1.165) is 51.7 Å². The Morgan fingerprint density at radius 1 is 0.644 bits per heavy atom. The molecule has 12 amide bonds. The summed E-state index contributed by atoms with van der Waals surface area (Å²) >= 11 is 6.39. The summed E-state index contributed by atoms with van der Waals surface area (Å²) < 4.78 is 76.5. The van der Waals surface area contributed by atoms with Crippen LogP contribution in [0.5, 0.6) is 0 Å². The molecule has 3 unspecified atom stereocenters. The molecule has 0 bridgehead atoms. The van der Waals surface area contributed by atoms with E-state index in [-0.39, 0.29) is 82.7 Å². The van der Waals surface area contributed by atoms with E-state index in [1.807, 2.05) is 20.8 Å².